The van der Waals surface area contributed by atoms with Gasteiger partial charge in [-0.25, -0.2) is 13.6 Å². The topological polar surface area (TPSA) is 119 Å². The van der Waals surface area contributed by atoms with Gasteiger partial charge in [0.15, 0.2) is 11.2 Å². The van der Waals surface area contributed by atoms with Crippen molar-refractivity contribution in [2.24, 2.45) is 5.14 Å². The number of carbonyl (C=O) groups is 1. The first-order chi connectivity index (χ1) is 11.7. The van der Waals surface area contributed by atoms with Gasteiger partial charge in [0.05, 0.1) is 10.3 Å². The van der Waals surface area contributed by atoms with E-state index in [-0.39, 0.29) is 16.1 Å². The quantitative estimate of drug-likeness (QED) is 0.742. The van der Waals surface area contributed by atoms with Crippen LogP contribution in [0.15, 0.2) is 62.6 Å². The number of anilines is 1. The monoisotopic (exact) mass is 358 g/mol. The second kappa shape index (κ2) is 6.15. The van der Waals surface area contributed by atoms with Crippen molar-refractivity contribution in [1.82, 2.24) is 0 Å². The van der Waals surface area contributed by atoms with E-state index in [0.717, 1.165) is 11.6 Å². The Balaban J connectivity index is 1.90. The number of rotatable bonds is 3. The second-order valence-corrected chi connectivity index (χ2v) is 7.06. The van der Waals surface area contributed by atoms with E-state index in [2.05, 4.69) is 5.32 Å². The molecule has 2 aromatic carbocycles. The van der Waals surface area contributed by atoms with Gasteiger partial charge in [0, 0.05) is 11.8 Å². The number of fused-ring (bicyclic) bond motifs is 1. The van der Waals surface area contributed by atoms with Gasteiger partial charge in [0.2, 0.25) is 10.0 Å². The number of benzene rings is 2. The van der Waals surface area contributed by atoms with Gasteiger partial charge >= 0.3 is 0 Å². The van der Waals surface area contributed by atoms with Crippen molar-refractivity contribution >= 4 is 32.6 Å². The van der Waals surface area contributed by atoms with Crippen LogP contribution in [-0.2, 0) is 10.0 Å². The largest absolute Gasteiger partial charge is 0.451 e. The lowest BCUT2D eigenvalue weighted by atomic mass is 10.1. The van der Waals surface area contributed by atoms with Crippen molar-refractivity contribution < 1.29 is 17.6 Å². The second-order valence-electron chi connectivity index (χ2n) is 5.50. The molecule has 0 spiro atoms. The highest BCUT2D eigenvalue weighted by Crippen LogP contribution is 2.17. The molecule has 3 rings (SSSR count). The molecular weight excluding hydrogens is 344 g/mol. The van der Waals surface area contributed by atoms with Gasteiger partial charge in [-0.1, -0.05) is 11.6 Å². The fourth-order valence-electron chi connectivity index (χ4n) is 2.30. The molecule has 0 fully saturated rings. The van der Waals surface area contributed by atoms with Crippen molar-refractivity contribution in [1.29, 1.82) is 0 Å². The summed E-state index contributed by atoms with van der Waals surface area (Å²) in [6.07, 6.45) is 0. The third-order valence-corrected chi connectivity index (χ3v) is 4.48. The Morgan fingerprint density at radius 2 is 1.76 bits per heavy atom. The van der Waals surface area contributed by atoms with Crippen molar-refractivity contribution in [3.63, 3.8) is 0 Å². The van der Waals surface area contributed by atoms with Gasteiger partial charge in [-0.05, 0) is 43.3 Å². The maximum atomic E-state index is 12.3. The lowest BCUT2D eigenvalue weighted by Crippen LogP contribution is -2.15. The molecule has 3 N–H and O–H groups in total. The Kier molecular flexibility index (Phi) is 4.15. The number of nitrogens with two attached hydrogens (primary N) is 1. The lowest BCUT2D eigenvalue weighted by molar-refractivity contribution is 0.0997. The molecule has 8 heteroatoms. The zero-order valence-corrected chi connectivity index (χ0v) is 14.0. The fourth-order valence-corrected chi connectivity index (χ4v) is 2.82. The summed E-state index contributed by atoms with van der Waals surface area (Å²) in [6.45, 7) is 1.85. The summed E-state index contributed by atoms with van der Waals surface area (Å²) in [7, 11) is -3.81. The number of nitrogens with one attached hydrogen (secondary N) is 1. The number of hydrogen-bond acceptors (Lipinski definition) is 5. The van der Waals surface area contributed by atoms with Crippen LogP contribution in [0.4, 0.5) is 5.69 Å². The maximum absolute atomic E-state index is 12.3. The molecule has 0 radical (unpaired) electrons. The Bertz CT molecular complexity index is 1130. The summed E-state index contributed by atoms with van der Waals surface area (Å²) in [4.78, 5) is 24.3. The van der Waals surface area contributed by atoms with Crippen LogP contribution in [0.25, 0.3) is 11.0 Å². The summed E-state index contributed by atoms with van der Waals surface area (Å²) in [5.41, 5.74) is 1.24. The first kappa shape index (κ1) is 16.9. The summed E-state index contributed by atoms with van der Waals surface area (Å²) in [5.74, 6) is -0.764. The predicted octanol–water partition coefficient (Wildman–Crippen LogP) is 2.00. The summed E-state index contributed by atoms with van der Waals surface area (Å²) >= 11 is 0. The number of amides is 1. The first-order valence-electron chi connectivity index (χ1n) is 7.23. The molecule has 0 saturated heterocycles. The molecule has 0 unspecified atom stereocenters. The maximum Gasteiger partial charge on any atom is 0.291 e. The first-order valence-corrected chi connectivity index (χ1v) is 8.77. The Morgan fingerprint density at radius 3 is 2.40 bits per heavy atom. The molecule has 1 aromatic heterocycles. The van der Waals surface area contributed by atoms with Crippen LogP contribution in [0, 0.1) is 6.92 Å². The highest BCUT2D eigenvalue weighted by Gasteiger charge is 2.13. The van der Waals surface area contributed by atoms with E-state index in [4.69, 9.17) is 9.56 Å². The third-order valence-electron chi connectivity index (χ3n) is 3.55. The average Bonchev–Trinajstić information content (AvgIpc) is 2.55. The van der Waals surface area contributed by atoms with Gasteiger partial charge in [-0.2, -0.15) is 0 Å². The number of sulfonamides is 1. The zero-order valence-electron chi connectivity index (χ0n) is 13.1. The summed E-state index contributed by atoms with van der Waals surface area (Å²) in [6, 6.07) is 11.5. The van der Waals surface area contributed by atoms with E-state index in [1.165, 1.54) is 24.3 Å². The minimum atomic E-state index is -3.81. The molecule has 128 valence electrons. The molecule has 0 aliphatic heterocycles. The van der Waals surface area contributed by atoms with Crippen molar-refractivity contribution in [2.45, 2.75) is 11.8 Å². The SMILES string of the molecule is Cc1ccc2oc(C(=O)Nc3ccc(S(N)(=O)=O)cc3)cc(=O)c2c1. The molecule has 7 nitrogen and oxygen atoms in total. The number of carbonyl (C=O) groups excluding carboxylic acids is 1. The van der Waals surface area contributed by atoms with Crippen LogP contribution in [0.2, 0.25) is 0 Å². The number of primary sulfonamides is 1. The number of aryl methyl sites for hydroxylation is 1. The molecule has 0 aliphatic carbocycles. The highest BCUT2D eigenvalue weighted by atomic mass is 32.2. The van der Waals surface area contributed by atoms with Crippen LogP contribution in [-0.4, -0.2) is 14.3 Å². The normalized spacial score (nSPS) is 11.4. The minimum absolute atomic E-state index is 0.0712. The van der Waals surface area contributed by atoms with E-state index >= 15 is 0 Å². The minimum Gasteiger partial charge on any atom is -0.451 e. The van der Waals surface area contributed by atoms with E-state index in [1.807, 2.05) is 6.92 Å². The Hall–Kier alpha value is -2.97. The van der Waals surface area contributed by atoms with Crippen LogP contribution >= 0.6 is 0 Å². The highest BCUT2D eigenvalue weighted by molar-refractivity contribution is 7.89. The van der Waals surface area contributed by atoms with Crippen LogP contribution in [0.5, 0.6) is 0 Å². The molecule has 0 atom stereocenters. The zero-order chi connectivity index (χ0) is 18.2. The average molecular weight is 358 g/mol. The van der Waals surface area contributed by atoms with Crippen LogP contribution in [0.3, 0.4) is 0 Å². The van der Waals surface area contributed by atoms with Gasteiger partial charge in [-0.3, -0.25) is 9.59 Å². The molecule has 0 bridgehead atoms. The smallest absolute Gasteiger partial charge is 0.291 e. The summed E-state index contributed by atoms with van der Waals surface area (Å²) < 4.78 is 27.9. The van der Waals surface area contributed by atoms with E-state index in [9.17, 15) is 18.0 Å². The van der Waals surface area contributed by atoms with Gasteiger partial charge in [0.25, 0.3) is 5.91 Å². The van der Waals surface area contributed by atoms with Crippen LogP contribution in [0.1, 0.15) is 16.1 Å². The molecule has 0 saturated carbocycles. The Labute approximate surface area is 143 Å². The standard InChI is InChI=1S/C17H14N2O5S/c1-10-2-7-15-13(8-10)14(20)9-16(24-15)17(21)19-11-3-5-12(6-4-11)25(18,22)23/h2-9H,1H3,(H,19,21)(H2,18,22,23). The molecule has 25 heavy (non-hydrogen) atoms. The lowest BCUT2D eigenvalue weighted by Gasteiger charge is -2.06. The van der Waals surface area contributed by atoms with E-state index < -0.39 is 15.9 Å². The van der Waals surface area contributed by atoms with Crippen molar-refractivity contribution in [3.8, 4) is 0 Å². The molecule has 1 heterocycles. The molecule has 0 aliphatic rings. The van der Waals surface area contributed by atoms with E-state index in [1.54, 1.807) is 18.2 Å². The van der Waals surface area contributed by atoms with Gasteiger partial charge in [0.1, 0.15) is 5.58 Å². The van der Waals surface area contributed by atoms with Gasteiger partial charge < -0.3 is 9.73 Å². The molecule has 3 aromatic rings. The predicted molar refractivity (Wildman–Crippen MR) is 93.0 cm³/mol. The van der Waals surface area contributed by atoms with Crippen molar-refractivity contribution in [3.05, 3.63) is 70.1 Å². The van der Waals surface area contributed by atoms with Crippen LogP contribution < -0.4 is 15.9 Å². The van der Waals surface area contributed by atoms with Gasteiger partial charge in [-0.15, -0.1) is 0 Å². The third kappa shape index (κ3) is 3.59. The fraction of sp³-hybridized carbons (Fsp3) is 0.0588. The molecule has 1 amide bonds. The van der Waals surface area contributed by atoms with Crippen molar-refractivity contribution in [2.75, 3.05) is 5.32 Å². The molecular formula is C17H14N2O5S. The van der Waals surface area contributed by atoms with E-state index in [0.29, 0.717) is 16.7 Å². The number of hydrogen-bond donors (Lipinski definition) is 2. The Morgan fingerprint density at radius 1 is 1.08 bits per heavy atom. The summed E-state index contributed by atoms with van der Waals surface area (Å²) in [5, 5.41) is 7.94.